The molecule has 0 amide bonds. The topological polar surface area (TPSA) is 43.8 Å². The molecule has 3 fully saturated rings. The van der Waals surface area contributed by atoms with Crippen LogP contribution in [0.2, 0.25) is 0 Å². The minimum atomic E-state index is -0.599. The van der Waals surface area contributed by atoms with Gasteiger partial charge in [-0.25, -0.2) is 0 Å². The van der Waals surface area contributed by atoms with Crippen LogP contribution in [0.5, 0.6) is 0 Å². The van der Waals surface area contributed by atoms with E-state index in [1.807, 2.05) is 0 Å². The van der Waals surface area contributed by atoms with Gasteiger partial charge in [0.2, 0.25) is 0 Å². The lowest BCUT2D eigenvalue weighted by Gasteiger charge is -2.49. The Morgan fingerprint density at radius 3 is 2.53 bits per heavy atom. The minimum Gasteiger partial charge on any atom is -0.481 e. The summed E-state index contributed by atoms with van der Waals surface area (Å²) in [5.41, 5.74) is 0. The first-order valence-electron chi connectivity index (χ1n) is 6.95. The summed E-state index contributed by atoms with van der Waals surface area (Å²) in [6.07, 6.45) is 5.83. The summed E-state index contributed by atoms with van der Waals surface area (Å²) in [6, 6.07) is 1.31. The van der Waals surface area contributed by atoms with Crippen LogP contribution in [0.3, 0.4) is 0 Å². The van der Waals surface area contributed by atoms with Gasteiger partial charge in [0.15, 0.2) is 0 Å². The lowest BCUT2D eigenvalue weighted by molar-refractivity contribution is -0.147. The average Bonchev–Trinajstić information content (AvgIpc) is 2.26. The molecule has 1 saturated carbocycles. The van der Waals surface area contributed by atoms with E-state index in [9.17, 15) is 4.79 Å². The largest absolute Gasteiger partial charge is 0.481 e. The Morgan fingerprint density at radius 2 is 1.76 bits per heavy atom. The third-order valence-corrected chi connectivity index (χ3v) is 4.85. The van der Waals surface area contributed by atoms with E-state index >= 15 is 0 Å². The Hall–Kier alpha value is -0.610. The van der Waals surface area contributed by atoms with Crippen LogP contribution in [-0.2, 0) is 4.79 Å². The van der Waals surface area contributed by atoms with Gasteiger partial charge in [0.1, 0.15) is 0 Å². The molecule has 3 rings (SSSR count). The molecule has 4 nitrogen and oxygen atoms in total. The second kappa shape index (κ2) is 4.58. The summed E-state index contributed by atoms with van der Waals surface area (Å²) >= 11 is 0. The van der Waals surface area contributed by atoms with Crippen molar-refractivity contribution < 1.29 is 9.90 Å². The van der Waals surface area contributed by atoms with Gasteiger partial charge in [0, 0.05) is 31.7 Å². The summed E-state index contributed by atoms with van der Waals surface area (Å²) in [5.74, 6) is -0.665. The Kier molecular flexibility index (Phi) is 3.09. The Labute approximate surface area is 103 Å². The van der Waals surface area contributed by atoms with Crippen LogP contribution in [0.15, 0.2) is 0 Å². The second-order valence-electron chi connectivity index (χ2n) is 5.84. The van der Waals surface area contributed by atoms with Crippen LogP contribution < -0.4 is 0 Å². The predicted molar refractivity (Wildman–Crippen MR) is 64.9 cm³/mol. The molecule has 0 aromatic carbocycles. The fraction of sp³-hybridized carbons (Fsp3) is 0.923. The number of nitrogens with zero attached hydrogens (tertiary/aromatic N) is 2. The van der Waals surface area contributed by atoms with Crippen LogP contribution in [0.25, 0.3) is 0 Å². The van der Waals surface area contributed by atoms with E-state index in [0.717, 1.165) is 25.4 Å². The number of hydrogen-bond donors (Lipinski definition) is 1. The maximum Gasteiger partial charge on any atom is 0.306 e. The van der Waals surface area contributed by atoms with Gasteiger partial charge in [0.05, 0.1) is 5.92 Å². The summed E-state index contributed by atoms with van der Waals surface area (Å²) in [7, 11) is 0. The number of hydrogen-bond acceptors (Lipinski definition) is 3. The Morgan fingerprint density at radius 1 is 1.00 bits per heavy atom. The van der Waals surface area contributed by atoms with Gasteiger partial charge in [-0.1, -0.05) is 6.42 Å². The molecule has 1 unspecified atom stereocenters. The lowest BCUT2D eigenvalue weighted by Crippen LogP contribution is -2.59. The number of piperidine rings is 1. The molecule has 0 spiro atoms. The summed E-state index contributed by atoms with van der Waals surface area (Å²) in [5, 5.41) is 8.91. The predicted octanol–water partition coefficient (Wildman–Crippen LogP) is 1.02. The minimum absolute atomic E-state index is 0.0654. The van der Waals surface area contributed by atoms with Crippen LogP contribution in [0, 0.1) is 5.92 Å². The highest BCUT2D eigenvalue weighted by Crippen LogP contribution is 2.34. The van der Waals surface area contributed by atoms with Gasteiger partial charge in [-0.2, -0.15) is 0 Å². The smallest absolute Gasteiger partial charge is 0.306 e. The van der Waals surface area contributed by atoms with Crippen molar-refractivity contribution >= 4 is 5.97 Å². The first-order valence-corrected chi connectivity index (χ1v) is 6.95. The molecule has 3 aliphatic rings. The second-order valence-corrected chi connectivity index (χ2v) is 5.84. The van der Waals surface area contributed by atoms with E-state index in [1.54, 1.807) is 0 Å². The summed E-state index contributed by atoms with van der Waals surface area (Å²) < 4.78 is 0. The fourth-order valence-electron chi connectivity index (χ4n) is 3.60. The molecule has 1 N–H and O–H groups in total. The quantitative estimate of drug-likeness (QED) is 0.780. The van der Waals surface area contributed by atoms with Gasteiger partial charge in [-0.05, 0) is 32.2 Å². The lowest BCUT2D eigenvalue weighted by atomic mass is 9.78. The van der Waals surface area contributed by atoms with E-state index in [0.29, 0.717) is 6.04 Å². The molecule has 4 heteroatoms. The molecular weight excluding hydrogens is 216 g/mol. The zero-order valence-electron chi connectivity index (χ0n) is 10.3. The number of piperazine rings is 1. The third kappa shape index (κ3) is 2.20. The van der Waals surface area contributed by atoms with Crippen molar-refractivity contribution in [3.8, 4) is 0 Å². The summed E-state index contributed by atoms with van der Waals surface area (Å²) in [4.78, 5) is 16.0. The molecular formula is C13H22N2O2. The maximum atomic E-state index is 10.8. The molecule has 1 atom stereocenters. The molecule has 0 radical (unpaired) electrons. The molecule has 17 heavy (non-hydrogen) atoms. The van der Waals surface area contributed by atoms with E-state index in [2.05, 4.69) is 9.80 Å². The van der Waals surface area contributed by atoms with Crippen LogP contribution in [0.4, 0.5) is 0 Å². The van der Waals surface area contributed by atoms with Gasteiger partial charge in [0.25, 0.3) is 0 Å². The van der Waals surface area contributed by atoms with Gasteiger partial charge in [-0.3, -0.25) is 14.6 Å². The third-order valence-electron chi connectivity index (χ3n) is 4.85. The zero-order valence-corrected chi connectivity index (χ0v) is 10.3. The van der Waals surface area contributed by atoms with E-state index in [-0.39, 0.29) is 5.92 Å². The van der Waals surface area contributed by atoms with Crippen molar-refractivity contribution in [3.63, 3.8) is 0 Å². The number of carbonyl (C=O) groups is 1. The molecule has 0 aromatic heterocycles. The normalized spacial score (nSPS) is 39.4. The highest BCUT2D eigenvalue weighted by Gasteiger charge is 2.40. The number of fused-ring (bicyclic) bond motifs is 1. The van der Waals surface area contributed by atoms with E-state index in [4.69, 9.17) is 5.11 Å². The molecule has 96 valence electrons. The van der Waals surface area contributed by atoms with E-state index < -0.39 is 5.97 Å². The number of carboxylic acid groups (broad SMARTS) is 1. The van der Waals surface area contributed by atoms with E-state index in [1.165, 1.54) is 38.9 Å². The van der Waals surface area contributed by atoms with Crippen LogP contribution >= 0.6 is 0 Å². The maximum absolute atomic E-state index is 10.8. The monoisotopic (exact) mass is 238 g/mol. The number of carboxylic acids is 1. The number of rotatable bonds is 2. The Balaban J connectivity index is 1.51. The molecule has 0 bridgehead atoms. The van der Waals surface area contributed by atoms with Gasteiger partial charge in [-0.15, -0.1) is 0 Å². The first kappa shape index (κ1) is 11.5. The van der Waals surface area contributed by atoms with Crippen molar-refractivity contribution in [2.24, 2.45) is 5.92 Å². The molecule has 0 aromatic rings. The number of aliphatic carboxylic acids is 1. The standard InChI is InChI=1S/C13H22N2O2/c16-13(17)10-7-12(8-10)15-6-5-14-4-2-1-3-11(14)9-15/h10-12H,1-9H2,(H,16,17). The van der Waals surface area contributed by atoms with Crippen molar-refractivity contribution in [2.45, 2.75) is 44.2 Å². The first-order chi connectivity index (χ1) is 8.24. The van der Waals surface area contributed by atoms with Crippen molar-refractivity contribution in [3.05, 3.63) is 0 Å². The van der Waals surface area contributed by atoms with Crippen molar-refractivity contribution in [1.29, 1.82) is 0 Å². The van der Waals surface area contributed by atoms with Gasteiger partial charge < -0.3 is 5.11 Å². The fourth-order valence-corrected chi connectivity index (χ4v) is 3.60. The van der Waals surface area contributed by atoms with Gasteiger partial charge >= 0.3 is 5.97 Å². The molecule has 1 aliphatic carbocycles. The highest BCUT2D eigenvalue weighted by molar-refractivity contribution is 5.71. The zero-order chi connectivity index (χ0) is 11.8. The highest BCUT2D eigenvalue weighted by atomic mass is 16.4. The van der Waals surface area contributed by atoms with Crippen LogP contribution in [-0.4, -0.2) is 59.1 Å². The van der Waals surface area contributed by atoms with Crippen molar-refractivity contribution in [2.75, 3.05) is 26.2 Å². The average molecular weight is 238 g/mol. The molecule has 2 saturated heterocycles. The SMILES string of the molecule is O=C(O)C1CC(N2CCN3CCCCC3C2)C1. The Bertz CT molecular complexity index is 302. The molecule has 2 heterocycles. The van der Waals surface area contributed by atoms with Crippen molar-refractivity contribution in [1.82, 2.24) is 9.80 Å². The molecule has 2 aliphatic heterocycles. The summed E-state index contributed by atoms with van der Waals surface area (Å²) in [6.45, 7) is 4.80. The van der Waals surface area contributed by atoms with Crippen LogP contribution in [0.1, 0.15) is 32.1 Å².